The summed E-state index contributed by atoms with van der Waals surface area (Å²) in [6.07, 6.45) is -3.74. The molecule has 0 saturated heterocycles. The van der Waals surface area contributed by atoms with Gasteiger partial charge in [0, 0.05) is 23.2 Å². The highest BCUT2D eigenvalue weighted by Crippen LogP contribution is 2.25. The number of aromatic nitrogens is 2. The summed E-state index contributed by atoms with van der Waals surface area (Å²) in [7, 11) is 0. The van der Waals surface area contributed by atoms with Crippen LogP contribution in [0.2, 0.25) is 5.02 Å². The number of aromatic carboxylic acids is 1. The Kier molecular flexibility index (Phi) is 7.49. The molecule has 1 aromatic heterocycles. The molecule has 0 bridgehead atoms. The van der Waals surface area contributed by atoms with Crippen molar-refractivity contribution in [2.75, 3.05) is 18.5 Å². The SMILES string of the molecule is N=C(c1ccc(Cl)cc1)C(CNc1nc(OCC(F)(F)F)ncc1C(=O)O)c1ccccc1. The predicted octanol–water partition coefficient (Wildman–Crippen LogP) is 5.03. The van der Waals surface area contributed by atoms with Gasteiger partial charge in [-0.1, -0.05) is 54.1 Å². The Balaban J connectivity index is 1.88. The Morgan fingerprint density at radius 1 is 1.15 bits per heavy atom. The van der Waals surface area contributed by atoms with Gasteiger partial charge < -0.3 is 20.6 Å². The summed E-state index contributed by atoms with van der Waals surface area (Å²) in [6.45, 7) is -1.59. The van der Waals surface area contributed by atoms with Gasteiger partial charge in [0.05, 0.1) is 6.20 Å². The van der Waals surface area contributed by atoms with Gasteiger partial charge in [-0.2, -0.15) is 18.2 Å². The minimum atomic E-state index is -4.60. The van der Waals surface area contributed by atoms with E-state index in [1.165, 1.54) is 0 Å². The zero-order chi connectivity index (χ0) is 24.0. The fourth-order valence-electron chi connectivity index (χ4n) is 2.97. The first-order valence-corrected chi connectivity index (χ1v) is 9.95. The molecule has 0 fully saturated rings. The van der Waals surface area contributed by atoms with Crippen molar-refractivity contribution in [3.63, 3.8) is 0 Å². The molecular weight excluding hydrogens is 461 g/mol. The van der Waals surface area contributed by atoms with Crippen LogP contribution in [0.25, 0.3) is 0 Å². The van der Waals surface area contributed by atoms with Crippen LogP contribution in [0, 0.1) is 5.41 Å². The number of carboxylic acids is 1. The highest BCUT2D eigenvalue weighted by molar-refractivity contribution is 6.30. The first kappa shape index (κ1) is 24.0. The van der Waals surface area contributed by atoms with Gasteiger partial charge in [-0.25, -0.2) is 9.78 Å². The first-order chi connectivity index (χ1) is 15.6. The Hall–Kier alpha value is -3.66. The number of halogens is 4. The second-order valence-electron chi connectivity index (χ2n) is 6.89. The third-order valence-electron chi connectivity index (χ3n) is 4.54. The molecule has 1 unspecified atom stereocenters. The van der Waals surface area contributed by atoms with Crippen molar-refractivity contribution in [2.24, 2.45) is 0 Å². The van der Waals surface area contributed by atoms with E-state index in [-0.39, 0.29) is 23.6 Å². The van der Waals surface area contributed by atoms with Gasteiger partial charge in [-0.3, -0.25) is 0 Å². The molecule has 0 saturated carbocycles. The smallest absolute Gasteiger partial charge is 0.422 e. The number of alkyl halides is 3. The van der Waals surface area contributed by atoms with Crippen LogP contribution in [0.15, 0.2) is 60.8 Å². The summed E-state index contributed by atoms with van der Waals surface area (Å²) in [6, 6.07) is 15.1. The van der Waals surface area contributed by atoms with E-state index < -0.39 is 30.7 Å². The summed E-state index contributed by atoms with van der Waals surface area (Å²) >= 11 is 5.93. The Labute approximate surface area is 191 Å². The number of nitrogens with zero attached hydrogens (tertiary/aromatic N) is 2. The molecule has 172 valence electrons. The number of carboxylic acid groups (broad SMARTS) is 1. The van der Waals surface area contributed by atoms with Crippen molar-refractivity contribution in [3.05, 3.63) is 82.5 Å². The molecule has 0 aliphatic carbocycles. The summed E-state index contributed by atoms with van der Waals surface area (Å²) in [4.78, 5) is 18.9. The zero-order valence-corrected chi connectivity index (χ0v) is 17.7. The normalized spacial score (nSPS) is 12.1. The van der Waals surface area contributed by atoms with E-state index in [9.17, 15) is 23.1 Å². The van der Waals surface area contributed by atoms with Gasteiger partial charge in [0.2, 0.25) is 0 Å². The maximum absolute atomic E-state index is 12.4. The molecule has 3 N–H and O–H groups in total. The molecule has 2 aromatic carbocycles. The number of ether oxygens (including phenoxy) is 1. The fourth-order valence-corrected chi connectivity index (χ4v) is 3.10. The third-order valence-corrected chi connectivity index (χ3v) is 4.79. The number of hydrogen-bond donors (Lipinski definition) is 3. The molecule has 0 spiro atoms. The average Bonchev–Trinajstić information content (AvgIpc) is 2.78. The number of carbonyl (C=O) groups is 1. The largest absolute Gasteiger partial charge is 0.477 e. The minimum Gasteiger partial charge on any atom is -0.477 e. The first-order valence-electron chi connectivity index (χ1n) is 9.57. The Morgan fingerprint density at radius 3 is 2.42 bits per heavy atom. The lowest BCUT2D eigenvalue weighted by Gasteiger charge is -2.21. The average molecular weight is 479 g/mol. The van der Waals surface area contributed by atoms with Crippen molar-refractivity contribution in [1.29, 1.82) is 5.41 Å². The van der Waals surface area contributed by atoms with Crippen LogP contribution in [-0.4, -0.2) is 46.1 Å². The number of anilines is 1. The monoisotopic (exact) mass is 478 g/mol. The van der Waals surface area contributed by atoms with E-state index in [0.717, 1.165) is 11.8 Å². The zero-order valence-electron chi connectivity index (χ0n) is 16.9. The van der Waals surface area contributed by atoms with E-state index in [1.54, 1.807) is 36.4 Å². The molecule has 1 atom stereocenters. The van der Waals surface area contributed by atoms with E-state index in [1.807, 2.05) is 18.2 Å². The standard InChI is InChI=1S/C22H18ClF3N4O3/c23-15-8-6-14(7-9-15)18(27)16(13-4-2-1-3-5-13)10-28-19-17(20(31)32)11-29-21(30-19)33-12-22(24,25)26/h1-9,11,16,27H,10,12H2,(H,31,32)(H,28,29,30). The molecule has 7 nitrogen and oxygen atoms in total. The predicted molar refractivity (Wildman–Crippen MR) is 116 cm³/mol. The number of hydrogen-bond acceptors (Lipinski definition) is 6. The number of rotatable bonds is 9. The molecule has 0 radical (unpaired) electrons. The van der Waals surface area contributed by atoms with Crippen LogP contribution in [0.4, 0.5) is 19.0 Å². The lowest BCUT2D eigenvalue weighted by atomic mass is 9.90. The van der Waals surface area contributed by atoms with Crippen molar-refractivity contribution in [3.8, 4) is 6.01 Å². The van der Waals surface area contributed by atoms with Crippen molar-refractivity contribution in [2.45, 2.75) is 12.1 Å². The third kappa shape index (κ3) is 6.66. The van der Waals surface area contributed by atoms with Crippen molar-refractivity contribution in [1.82, 2.24) is 9.97 Å². The highest BCUT2D eigenvalue weighted by atomic mass is 35.5. The highest BCUT2D eigenvalue weighted by Gasteiger charge is 2.29. The Bertz CT molecular complexity index is 1130. The second kappa shape index (κ2) is 10.3. The molecule has 33 heavy (non-hydrogen) atoms. The quantitative estimate of drug-likeness (QED) is 0.372. The maximum atomic E-state index is 12.4. The van der Waals surface area contributed by atoms with Crippen LogP contribution in [0.5, 0.6) is 6.01 Å². The number of benzene rings is 2. The lowest BCUT2D eigenvalue weighted by Crippen LogP contribution is -2.24. The maximum Gasteiger partial charge on any atom is 0.422 e. The minimum absolute atomic E-state index is 0.0292. The van der Waals surface area contributed by atoms with E-state index >= 15 is 0 Å². The van der Waals surface area contributed by atoms with Gasteiger partial charge in [-0.15, -0.1) is 0 Å². The van der Waals surface area contributed by atoms with E-state index in [4.69, 9.17) is 17.0 Å². The molecule has 0 aliphatic rings. The molecule has 3 aromatic rings. The fraction of sp³-hybridized carbons (Fsp3) is 0.182. The summed E-state index contributed by atoms with van der Waals surface area (Å²) < 4.78 is 41.9. The molecule has 0 amide bonds. The van der Waals surface area contributed by atoms with Crippen LogP contribution < -0.4 is 10.1 Å². The van der Waals surface area contributed by atoms with Gasteiger partial charge in [-0.05, 0) is 23.3 Å². The van der Waals surface area contributed by atoms with Gasteiger partial charge in [0.15, 0.2) is 6.61 Å². The summed E-state index contributed by atoms with van der Waals surface area (Å²) in [5.41, 5.74) is 1.25. The van der Waals surface area contributed by atoms with E-state index in [0.29, 0.717) is 10.6 Å². The van der Waals surface area contributed by atoms with Crippen LogP contribution in [0.3, 0.4) is 0 Å². The van der Waals surface area contributed by atoms with Crippen LogP contribution in [-0.2, 0) is 0 Å². The molecular formula is C22H18ClF3N4O3. The molecule has 11 heteroatoms. The van der Waals surface area contributed by atoms with E-state index in [2.05, 4.69) is 20.0 Å². The second-order valence-corrected chi connectivity index (χ2v) is 7.33. The molecule has 3 rings (SSSR count). The Morgan fingerprint density at radius 2 is 1.82 bits per heavy atom. The number of nitrogens with one attached hydrogen (secondary N) is 2. The lowest BCUT2D eigenvalue weighted by molar-refractivity contribution is -0.154. The van der Waals surface area contributed by atoms with Crippen molar-refractivity contribution >= 4 is 29.1 Å². The van der Waals surface area contributed by atoms with Gasteiger partial charge in [0.25, 0.3) is 0 Å². The summed E-state index contributed by atoms with van der Waals surface area (Å²) in [5.74, 6) is -2.13. The van der Waals surface area contributed by atoms with Crippen LogP contribution >= 0.6 is 11.6 Å². The van der Waals surface area contributed by atoms with Crippen molar-refractivity contribution < 1.29 is 27.8 Å². The summed E-state index contributed by atoms with van der Waals surface area (Å²) in [5, 5.41) is 21.5. The molecule has 1 heterocycles. The topological polar surface area (TPSA) is 108 Å². The van der Waals surface area contributed by atoms with Gasteiger partial charge in [0.1, 0.15) is 11.4 Å². The molecule has 0 aliphatic heterocycles. The van der Waals surface area contributed by atoms with Gasteiger partial charge >= 0.3 is 18.2 Å². The van der Waals surface area contributed by atoms with Crippen LogP contribution in [0.1, 0.15) is 27.4 Å².